The number of hydrogen-bond donors (Lipinski definition) is 0. The maximum Gasteiger partial charge on any atom is 0.243 e. The van der Waals surface area contributed by atoms with Gasteiger partial charge < -0.3 is 4.90 Å². The van der Waals surface area contributed by atoms with Crippen LogP contribution in [-0.4, -0.2) is 38.6 Å². The Hall–Kier alpha value is -2.44. The summed E-state index contributed by atoms with van der Waals surface area (Å²) in [6, 6.07) is 14.5. The Balaban J connectivity index is 1.58. The van der Waals surface area contributed by atoms with E-state index in [4.69, 9.17) is 0 Å². The van der Waals surface area contributed by atoms with E-state index in [2.05, 4.69) is 30.9 Å². The van der Waals surface area contributed by atoms with Gasteiger partial charge in [0.15, 0.2) is 5.78 Å². The van der Waals surface area contributed by atoms with Crippen LogP contribution in [-0.2, 0) is 15.4 Å². The van der Waals surface area contributed by atoms with Gasteiger partial charge in [0.2, 0.25) is 10.0 Å². The van der Waals surface area contributed by atoms with Crippen molar-refractivity contribution in [2.24, 2.45) is 0 Å². The fraction of sp³-hybridized carbons (Fsp3) is 0.400. The number of carbonyl (C=O) groups excluding carboxylic acids is 1. The number of nitrogens with zero attached hydrogens (tertiary/aromatic N) is 2. The van der Waals surface area contributed by atoms with Gasteiger partial charge in [-0.2, -0.15) is 4.31 Å². The van der Waals surface area contributed by atoms with Crippen LogP contribution >= 0.6 is 0 Å². The predicted octanol–water partition coefficient (Wildman–Crippen LogP) is 4.75. The van der Waals surface area contributed by atoms with Crippen LogP contribution in [0.1, 0.15) is 55.5 Å². The number of fused-ring (bicyclic) bond motifs is 1. The molecule has 1 fully saturated rings. The Labute approximate surface area is 185 Å². The van der Waals surface area contributed by atoms with E-state index in [-0.39, 0.29) is 16.1 Å². The number of sulfonamides is 1. The molecule has 0 aromatic heterocycles. The Kier molecular flexibility index (Phi) is 5.79. The van der Waals surface area contributed by atoms with Crippen LogP contribution in [0.3, 0.4) is 0 Å². The number of para-hydroxylation sites is 1. The minimum absolute atomic E-state index is 0.124. The van der Waals surface area contributed by atoms with Gasteiger partial charge in [-0.05, 0) is 48.7 Å². The number of carbonyl (C=O) groups is 1. The first-order chi connectivity index (χ1) is 14.7. The molecule has 31 heavy (non-hydrogen) atoms. The van der Waals surface area contributed by atoms with E-state index in [1.165, 1.54) is 5.56 Å². The number of hydrogen-bond acceptors (Lipinski definition) is 4. The summed E-state index contributed by atoms with van der Waals surface area (Å²) in [6.07, 6.45) is 5.62. The number of allylic oxidation sites excluding steroid dienone is 2. The smallest absolute Gasteiger partial charge is 0.243 e. The van der Waals surface area contributed by atoms with Crippen molar-refractivity contribution in [2.45, 2.75) is 49.8 Å². The Bertz CT molecular complexity index is 1110. The number of rotatable bonds is 4. The molecular weight excluding hydrogens is 408 g/mol. The van der Waals surface area contributed by atoms with Crippen molar-refractivity contribution < 1.29 is 13.2 Å². The molecule has 0 bridgehead atoms. The third-order valence-electron chi connectivity index (χ3n) is 6.55. The highest BCUT2D eigenvalue weighted by Gasteiger charge is 2.38. The molecule has 2 aromatic carbocycles. The zero-order valence-corrected chi connectivity index (χ0v) is 19.3. The van der Waals surface area contributed by atoms with Crippen LogP contribution in [0.2, 0.25) is 0 Å². The summed E-state index contributed by atoms with van der Waals surface area (Å²) in [6.45, 7) is 5.37. The molecule has 2 heterocycles. The summed E-state index contributed by atoms with van der Waals surface area (Å²) in [5.41, 5.74) is 3.43. The Morgan fingerprint density at radius 3 is 2.16 bits per heavy atom. The fourth-order valence-electron chi connectivity index (χ4n) is 4.69. The molecule has 164 valence electrons. The van der Waals surface area contributed by atoms with Gasteiger partial charge in [0, 0.05) is 48.6 Å². The highest BCUT2D eigenvalue weighted by Crippen LogP contribution is 2.46. The van der Waals surface area contributed by atoms with Crippen molar-refractivity contribution in [3.63, 3.8) is 0 Å². The molecular formula is C25H30N2O3S. The maximum absolute atomic E-state index is 13.0. The first kappa shape index (κ1) is 21.8. The van der Waals surface area contributed by atoms with Crippen LogP contribution in [0, 0.1) is 0 Å². The number of benzene rings is 2. The average molecular weight is 439 g/mol. The molecule has 0 atom stereocenters. The minimum Gasteiger partial charge on any atom is -0.347 e. The molecule has 0 radical (unpaired) electrons. The van der Waals surface area contributed by atoms with Crippen LogP contribution in [0.15, 0.2) is 65.2 Å². The quantitative estimate of drug-likeness (QED) is 0.511. The summed E-state index contributed by atoms with van der Waals surface area (Å²) in [5, 5.41) is 0. The highest BCUT2D eigenvalue weighted by atomic mass is 32.2. The van der Waals surface area contributed by atoms with Gasteiger partial charge >= 0.3 is 0 Å². The largest absolute Gasteiger partial charge is 0.347 e. The van der Waals surface area contributed by atoms with Crippen molar-refractivity contribution in [1.82, 2.24) is 4.31 Å². The van der Waals surface area contributed by atoms with Gasteiger partial charge in [0.25, 0.3) is 0 Å². The summed E-state index contributed by atoms with van der Waals surface area (Å²) in [7, 11) is -1.54. The SMILES string of the molecule is CN1C(=CC(=O)c2ccc(S(=O)(=O)N3CCCCCC3)cc2)C(C)(C)c2ccccc21. The molecule has 0 N–H and O–H groups in total. The molecule has 1 saturated heterocycles. The van der Waals surface area contributed by atoms with Crippen molar-refractivity contribution in [2.75, 3.05) is 25.0 Å². The van der Waals surface area contributed by atoms with Gasteiger partial charge in [-0.1, -0.05) is 44.9 Å². The van der Waals surface area contributed by atoms with Crippen LogP contribution < -0.4 is 4.90 Å². The normalized spacial score (nSPS) is 20.5. The van der Waals surface area contributed by atoms with Crippen LogP contribution in [0.5, 0.6) is 0 Å². The third kappa shape index (κ3) is 3.94. The Morgan fingerprint density at radius 1 is 0.935 bits per heavy atom. The van der Waals surface area contributed by atoms with Crippen molar-refractivity contribution in [3.05, 3.63) is 71.4 Å². The lowest BCUT2D eigenvalue weighted by Crippen LogP contribution is -2.31. The summed E-state index contributed by atoms with van der Waals surface area (Å²) in [4.78, 5) is 15.3. The first-order valence-electron chi connectivity index (χ1n) is 10.9. The van der Waals surface area contributed by atoms with Crippen molar-refractivity contribution in [3.8, 4) is 0 Å². The molecule has 2 aliphatic rings. The maximum atomic E-state index is 13.0. The second kappa shape index (κ2) is 8.24. The van der Waals surface area contributed by atoms with Gasteiger partial charge in [-0.15, -0.1) is 0 Å². The van der Waals surface area contributed by atoms with E-state index in [9.17, 15) is 13.2 Å². The van der Waals surface area contributed by atoms with Crippen LogP contribution in [0.4, 0.5) is 5.69 Å². The lowest BCUT2D eigenvalue weighted by Gasteiger charge is -2.24. The van der Waals surface area contributed by atoms with Gasteiger partial charge in [0.1, 0.15) is 0 Å². The second-order valence-electron chi connectivity index (χ2n) is 8.94. The van der Waals surface area contributed by atoms with Crippen LogP contribution in [0.25, 0.3) is 0 Å². The first-order valence-corrected chi connectivity index (χ1v) is 12.4. The molecule has 5 nitrogen and oxygen atoms in total. The number of ketones is 1. The highest BCUT2D eigenvalue weighted by molar-refractivity contribution is 7.89. The lowest BCUT2D eigenvalue weighted by atomic mass is 9.83. The molecule has 4 rings (SSSR count). The predicted molar refractivity (Wildman–Crippen MR) is 124 cm³/mol. The van der Waals surface area contributed by atoms with E-state index in [0.717, 1.165) is 37.1 Å². The second-order valence-corrected chi connectivity index (χ2v) is 10.9. The standard InChI is InChI=1S/C25H30N2O3S/c1-25(2)21-10-6-7-11-22(21)26(3)24(25)18-23(28)19-12-14-20(15-13-19)31(29,30)27-16-8-4-5-9-17-27/h6-7,10-15,18H,4-5,8-9,16-17H2,1-3H3. The zero-order chi connectivity index (χ0) is 22.2. The molecule has 2 aliphatic heterocycles. The molecule has 6 heteroatoms. The summed E-state index contributed by atoms with van der Waals surface area (Å²) in [5.74, 6) is -0.124. The number of likely N-dealkylation sites (N-methyl/N-ethyl adjacent to an activating group) is 1. The van der Waals surface area contributed by atoms with E-state index in [0.29, 0.717) is 18.7 Å². The third-order valence-corrected chi connectivity index (χ3v) is 8.46. The lowest BCUT2D eigenvalue weighted by molar-refractivity contribution is 0.104. The molecule has 0 amide bonds. The molecule has 0 unspecified atom stereocenters. The van der Waals surface area contributed by atoms with Crippen molar-refractivity contribution in [1.29, 1.82) is 0 Å². The van der Waals surface area contributed by atoms with E-state index < -0.39 is 10.0 Å². The fourth-order valence-corrected chi connectivity index (χ4v) is 6.21. The average Bonchev–Trinajstić information content (AvgIpc) is 2.98. The molecule has 0 aliphatic carbocycles. The number of anilines is 1. The monoisotopic (exact) mass is 438 g/mol. The Morgan fingerprint density at radius 2 is 1.55 bits per heavy atom. The van der Waals surface area contributed by atoms with Crippen molar-refractivity contribution >= 4 is 21.5 Å². The minimum atomic E-state index is -3.52. The topological polar surface area (TPSA) is 57.7 Å². The van der Waals surface area contributed by atoms with E-state index in [1.807, 2.05) is 19.2 Å². The van der Waals surface area contributed by atoms with Gasteiger partial charge in [-0.3, -0.25) is 4.79 Å². The molecule has 0 saturated carbocycles. The van der Waals surface area contributed by atoms with E-state index >= 15 is 0 Å². The molecule has 0 spiro atoms. The van der Waals surface area contributed by atoms with Gasteiger partial charge in [-0.25, -0.2) is 8.42 Å². The summed E-state index contributed by atoms with van der Waals surface area (Å²) >= 11 is 0. The zero-order valence-electron chi connectivity index (χ0n) is 18.5. The van der Waals surface area contributed by atoms with Gasteiger partial charge in [0.05, 0.1) is 4.90 Å². The van der Waals surface area contributed by atoms with E-state index in [1.54, 1.807) is 34.6 Å². The molecule has 2 aromatic rings. The summed E-state index contributed by atoms with van der Waals surface area (Å²) < 4.78 is 27.5.